The Morgan fingerprint density at radius 2 is 2.07 bits per heavy atom. The second-order valence-corrected chi connectivity index (χ2v) is 10.1. The standard InChI is InChI=1S/C22H22N4OS3/c1-15-6-8-16(9-7-15)21-23-17(13-29-21)14-30-22-25-24-20(19-5-3-11-28-19)26(22)12-18-4-2-10-27-18/h3,5-9,11,13,18H,2,4,10,12,14H2,1H3. The van der Waals surface area contributed by atoms with E-state index in [1.165, 1.54) is 11.1 Å². The van der Waals surface area contributed by atoms with Crippen molar-refractivity contribution in [2.75, 3.05) is 6.61 Å². The number of ether oxygens (including phenoxy) is 1. The Balaban J connectivity index is 1.34. The third-order valence-corrected chi connectivity index (χ3v) is 7.87. The van der Waals surface area contributed by atoms with Gasteiger partial charge in [-0.1, -0.05) is 47.7 Å². The molecule has 1 atom stereocenters. The molecule has 1 aliphatic heterocycles. The molecule has 4 heterocycles. The monoisotopic (exact) mass is 454 g/mol. The summed E-state index contributed by atoms with van der Waals surface area (Å²) < 4.78 is 8.11. The smallest absolute Gasteiger partial charge is 0.191 e. The Kier molecular flexibility index (Phi) is 5.99. The van der Waals surface area contributed by atoms with Crippen molar-refractivity contribution in [3.05, 3.63) is 58.4 Å². The molecule has 0 N–H and O–H groups in total. The molecule has 1 aromatic carbocycles. The second-order valence-electron chi connectivity index (χ2n) is 7.33. The van der Waals surface area contributed by atoms with E-state index in [0.717, 1.165) is 58.3 Å². The van der Waals surface area contributed by atoms with Crippen molar-refractivity contribution in [1.82, 2.24) is 19.7 Å². The largest absolute Gasteiger partial charge is 0.376 e. The maximum Gasteiger partial charge on any atom is 0.191 e. The first kappa shape index (κ1) is 19.9. The fourth-order valence-electron chi connectivity index (χ4n) is 3.48. The summed E-state index contributed by atoms with van der Waals surface area (Å²) in [6.07, 6.45) is 2.47. The molecule has 5 nitrogen and oxygen atoms in total. The van der Waals surface area contributed by atoms with Crippen molar-refractivity contribution in [2.45, 2.75) is 43.3 Å². The lowest BCUT2D eigenvalue weighted by molar-refractivity contribution is 0.0953. The topological polar surface area (TPSA) is 52.8 Å². The van der Waals surface area contributed by atoms with Crippen LogP contribution in [0.1, 0.15) is 24.1 Å². The molecule has 154 valence electrons. The first-order valence-electron chi connectivity index (χ1n) is 9.99. The number of thiophene rings is 1. The fourth-order valence-corrected chi connectivity index (χ4v) is 5.97. The molecule has 5 rings (SSSR count). The van der Waals surface area contributed by atoms with E-state index in [-0.39, 0.29) is 6.10 Å². The summed E-state index contributed by atoms with van der Waals surface area (Å²) in [5.74, 6) is 1.71. The second kappa shape index (κ2) is 9.01. The Bertz CT molecular complexity index is 1100. The summed E-state index contributed by atoms with van der Waals surface area (Å²) in [7, 11) is 0. The number of benzene rings is 1. The van der Waals surface area contributed by atoms with Gasteiger partial charge >= 0.3 is 0 Å². The third kappa shape index (κ3) is 4.37. The lowest BCUT2D eigenvalue weighted by Crippen LogP contribution is -2.16. The Hall–Kier alpha value is -2.00. The van der Waals surface area contributed by atoms with Gasteiger partial charge in [-0.25, -0.2) is 4.98 Å². The summed E-state index contributed by atoms with van der Waals surface area (Å²) >= 11 is 5.08. The van der Waals surface area contributed by atoms with E-state index in [1.54, 1.807) is 34.4 Å². The predicted molar refractivity (Wildman–Crippen MR) is 124 cm³/mol. The van der Waals surface area contributed by atoms with Crippen molar-refractivity contribution in [1.29, 1.82) is 0 Å². The Morgan fingerprint density at radius 3 is 2.83 bits per heavy atom. The number of rotatable bonds is 7. The highest BCUT2D eigenvalue weighted by Gasteiger charge is 2.22. The molecule has 8 heteroatoms. The van der Waals surface area contributed by atoms with Crippen molar-refractivity contribution in [2.24, 2.45) is 0 Å². The molecule has 1 fully saturated rings. The summed E-state index contributed by atoms with van der Waals surface area (Å²) in [6, 6.07) is 12.7. The Labute approximate surface area is 188 Å². The van der Waals surface area contributed by atoms with E-state index < -0.39 is 0 Å². The minimum Gasteiger partial charge on any atom is -0.376 e. The molecule has 0 bridgehead atoms. The van der Waals surface area contributed by atoms with E-state index in [4.69, 9.17) is 9.72 Å². The van der Waals surface area contributed by atoms with Crippen molar-refractivity contribution >= 4 is 34.4 Å². The van der Waals surface area contributed by atoms with Crippen LogP contribution in [-0.2, 0) is 17.0 Å². The number of aromatic nitrogens is 4. The molecule has 0 saturated carbocycles. The lowest BCUT2D eigenvalue weighted by Gasteiger charge is -2.14. The van der Waals surface area contributed by atoms with Gasteiger partial charge in [0.25, 0.3) is 0 Å². The molecule has 4 aromatic rings. The van der Waals surface area contributed by atoms with Gasteiger partial charge in [0.05, 0.1) is 23.2 Å². The van der Waals surface area contributed by atoms with Gasteiger partial charge in [-0.05, 0) is 31.2 Å². The average Bonchev–Trinajstić information content (AvgIpc) is 3.55. The van der Waals surface area contributed by atoms with Crippen LogP contribution in [0.4, 0.5) is 0 Å². The molecule has 0 amide bonds. The van der Waals surface area contributed by atoms with Gasteiger partial charge in [0, 0.05) is 23.3 Å². The minimum atomic E-state index is 0.242. The highest BCUT2D eigenvalue weighted by atomic mass is 32.2. The van der Waals surface area contributed by atoms with E-state index in [9.17, 15) is 0 Å². The molecule has 1 aliphatic rings. The molecular formula is C22H22N4OS3. The average molecular weight is 455 g/mol. The van der Waals surface area contributed by atoms with Crippen LogP contribution in [0.3, 0.4) is 0 Å². The summed E-state index contributed by atoms with van der Waals surface area (Å²) in [5, 5.41) is 15.2. The van der Waals surface area contributed by atoms with Crippen LogP contribution >= 0.6 is 34.4 Å². The number of hydrogen-bond acceptors (Lipinski definition) is 7. The first-order chi connectivity index (χ1) is 14.8. The zero-order chi connectivity index (χ0) is 20.3. The summed E-state index contributed by atoms with van der Waals surface area (Å²) in [4.78, 5) is 5.97. The zero-order valence-corrected chi connectivity index (χ0v) is 19.1. The summed E-state index contributed by atoms with van der Waals surface area (Å²) in [6.45, 7) is 3.75. The van der Waals surface area contributed by atoms with E-state index >= 15 is 0 Å². The van der Waals surface area contributed by atoms with E-state index in [2.05, 4.69) is 68.8 Å². The van der Waals surface area contributed by atoms with Crippen LogP contribution in [0.15, 0.2) is 52.3 Å². The normalized spacial score (nSPS) is 16.4. The Morgan fingerprint density at radius 1 is 1.17 bits per heavy atom. The van der Waals surface area contributed by atoms with Gasteiger partial charge in [0.1, 0.15) is 5.01 Å². The first-order valence-corrected chi connectivity index (χ1v) is 12.7. The van der Waals surface area contributed by atoms with Crippen molar-refractivity contribution < 1.29 is 4.74 Å². The molecule has 30 heavy (non-hydrogen) atoms. The fraction of sp³-hybridized carbons (Fsp3) is 0.318. The van der Waals surface area contributed by atoms with E-state index in [0.29, 0.717) is 0 Å². The van der Waals surface area contributed by atoms with Gasteiger partial charge in [-0.15, -0.1) is 32.9 Å². The third-order valence-electron chi connectivity index (χ3n) is 5.07. The van der Waals surface area contributed by atoms with Gasteiger partial charge in [0.2, 0.25) is 0 Å². The molecule has 0 radical (unpaired) electrons. The summed E-state index contributed by atoms with van der Waals surface area (Å²) in [5.41, 5.74) is 3.51. The number of hydrogen-bond donors (Lipinski definition) is 0. The zero-order valence-electron chi connectivity index (χ0n) is 16.7. The van der Waals surface area contributed by atoms with Crippen LogP contribution in [0.2, 0.25) is 0 Å². The molecule has 3 aromatic heterocycles. The number of aryl methyl sites for hydroxylation is 1. The molecule has 1 unspecified atom stereocenters. The highest BCUT2D eigenvalue weighted by molar-refractivity contribution is 7.98. The van der Waals surface area contributed by atoms with Crippen LogP contribution in [-0.4, -0.2) is 32.5 Å². The molecule has 0 aliphatic carbocycles. The van der Waals surface area contributed by atoms with Crippen LogP contribution in [0.25, 0.3) is 21.3 Å². The predicted octanol–water partition coefficient (Wildman–Crippen LogP) is 5.91. The van der Waals surface area contributed by atoms with Gasteiger partial charge < -0.3 is 4.74 Å². The SMILES string of the molecule is Cc1ccc(-c2nc(CSc3nnc(-c4cccs4)n3CC3CCCO3)cs2)cc1. The molecular weight excluding hydrogens is 432 g/mol. The lowest BCUT2D eigenvalue weighted by atomic mass is 10.2. The maximum absolute atomic E-state index is 5.88. The van der Waals surface area contributed by atoms with Gasteiger partial charge in [-0.2, -0.15) is 0 Å². The number of nitrogens with zero attached hydrogens (tertiary/aromatic N) is 4. The van der Waals surface area contributed by atoms with Crippen LogP contribution in [0, 0.1) is 6.92 Å². The van der Waals surface area contributed by atoms with Crippen LogP contribution in [0.5, 0.6) is 0 Å². The van der Waals surface area contributed by atoms with E-state index in [1.807, 2.05) is 0 Å². The number of thioether (sulfide) groups is 1. The number of thiazole rings is 1. The van der Waals surface area contributed by atoms with Crippen molar-refractivity contribution in [3.63, 3.8) is 0 Å². The highest BCUT2D eigenvalue weighted by Crippen LogP contribution is 2.31. The molecule has 0 spiro atoms. The van der Waals surface area contributed by atoms with Crippen LogP contribution < -0.4 is 0 Å². The molecule has 1 saturated heterocycles. The van der Waals surface area contributed by atoms with Gasteiger partial charge in [-0.3, -0.25) is 4.57 Å². The van der Waals surface area contributed by atoms with Gasteiger partial charge in [0.15, 0.2) is 11.0 Å². The minimum absolute atomic E-state index is 0.242. The quantitative estimate of drug-likeness (QED) is 0.325. The maximum atomic E-state index is 5.88. The van der Waals surface area contributed by atoms with Crippen molar-refractivity contribution in [3.8, 4) is 21.3 Å².